The highest BCUT2D eigenvalue weighted by Crippen LogP contribution is 2.28. The van der Waals surface area contributed by atoms with E-state index in [9.17, 15) is 4.79 Å². The Morgan fingerprint density at radius 2 is 2.12 bits per heavy atom. The Kier molecular flexibility index (Phi) is 5.01. The number of nitrogens with zero attached hydrogens (tertiary/aromatic N) is 2. The van der Waals surface area contributed by atoms with Crippen LogP contribution in [0.15, 0.2) is 36.5 Å². The Balaban J connectivity index is 1.42. The summed E-state index contributed by atoms with van der Waals surface area (Å²) in [5.41, 5.74) is 1.25. The van der Waals surface area contributed by atoms with Crippen molar-refractivity contribution in [1.82, 2.24) is 9.97 Å². The number of ether oxygens (including phenoxy) is 2. The fourth-order valence-electron chi connectivity index (χ4n) is 2.67. The normalized spacial score (nSPS) is 15.1. The third kappa shape index (κ3) is 3.95. The Bertz CT molecular complexity index is 923. The smallest absolute Gasteiger partial charge is 0.259 e. The van der Waals surface area contributed by atoms with Gasteiger partial charge in [0.25, 0.3) is 5.91 Å². The van der Waals surface area contributed by atoms with Crippen molar-refractivity contribution in [2.75, 3.05) is 18.5 Å². The molecule has 0 radical (unpaired) electrons. The first kappa shape index (κ1) is 17.2. The molecular formula is C18H16ClN3O3S. The number of anilines is 1. The number of thiazole rings is 1. The number of fused-ring (bicyclic) bond motifs is 1. The maximum absolute atomic E-state index is 12.4. The summed E-state index contributed by atoms with van der Waals surface area (Å²) < 4.78 is 12.0. The highest BCUT2D eigenvalue weighted by molar-refractivity contribution is 7.22. The lowest BCUT2D eigenvalue weighted by Crippen LogP contribution is -2.26. The zero-order valence-electron chi connectivity index (χ0n) is 13.8. The van der Waals surface area contributed by atoms with E-state index in [1.807, 2.05) is 12.1 Å². The Labute approximate surface area is 159 Å². The molecule has 3 aromatic rings. The van der Waals surface area contributed by atoms with Crippen LogP contribution in [0.2, 0.25) is 5.02 Å². The fraction of sp³-hybridized carbons (Fsp3) is 0.278. The van der Waals surface area contributed by atoms with E-state index < -0.39 is 0 Å². The van der Waals surface area contributed by atoms with Crippen LogP contribution >= 0.6 is 22.9 Å². The largest absolute Gasteiger partial charge is 0.474 e. The van der Waals surface area contributed by atoms with Gasteiger partial charge in [-0.1, -0.05) is 22.9 Å². The molecule has 4 rings (SSSR count). The van der Waals surface area contributed by atoms with Crippen LogP contribution in [0.3, 0.4) is 0 Å². The first-order valence-corrected chi connectivity index (χ1v) is 9.45. The highest BCUT2D eigenvalue weighted by Gasteiger charge is 2.16. The molecule has 0 atom stereocenters. The number of benzene rings is 1. The summed E-state index contributed by atoms with van der Waals surface area (Å²) in [5, 5.41) is 3.96. The predicted molar refractivity (Wildman–Crippen MR) is 101 cm³/mol. The molecule has 1 aliphatic heterocycles. The lowest BCUT2D eigenvalue weighted by atomic mass is 10.1. The maximum atomic E-state index is 12.4. The lowest BCUT2D eigenvalue weighted by molar-refractivity contribution is 0.0237. The van der Waals surface area contributed by atoms with Crippen LogP contribution in [-0.2, 0) is 4.74 Å². The summed E-state index contributed by atoms with van der Waals surface area (Å²) in [7, 11) is 0. The predicted octanol–water partition coefficient (Wildman–Crippen LogP) is 4.15. The van der Waals surface area contributed by atoms with Gasteiger partial charge >= 0.3 is 0 Å². The first-order chi connectivity index (χ1) is 12.7. The van der Waals surface area contributed by atoms with Crippen LogP contribution in [0.4, 0.5) is 5.13 Å². The van der Waals surface area contributed by atoms with E-state index in [0.717, 1.165) is 23.1 Å². The zero-order valence-corrected chi connectivity index (χ0v) is 15.3. The second-order valence-corrected chi connectivity index (χ2v) is 7.37. The molecular weight excluding hydrogens is 374 g/mol. The van der Waals surface area contributed by atoms with Crippen molar-refractivity contribution in [3.05, 3.63) is 47.1 Å². The Morgan fingerprint density at radius 1 is 1.27 bits per heavy atom. The third-order valence-corrected chi connectivity index (χ3v) is 5.19. The molecule has 0 aliphatic carbocycles. The molecule has 2 aromatic heterocycles. The molecule has 134 valence electrons. The summed E-state index contributed by atoms with van der Waals surface area (Å²) in [5.74, 6) is 0.253. The number of amides is 1. The van der Waals surface area contributed by atoms with Gasteiger partial charge in [-0.3, -0.25) is 10.1 Å². The van der Waals surface area contributed by atoms with E-state index in [4.69, 9.17) is 21.1 Å². The maximum Gasteiger partial charge on any atom is 0.259 e. The van der Waals surface area contributed by atoms with Crippen molar-refractivity contribution in [2.45, 2.75) is 18.9 Å². The molecule has 1 aromatic carbocycles. The molecule has 1 N–H and O–H groups in total. The van der Waals surface area contributed by atoms with E-state index >= 15 is 0 Å². The van der Waals surface area contributed by atoms with Gasteiger partial charge in [0, 0.05) is 30.1 Å². The number of carbonyl (C=O) groups excluding carboxylic acids is 1. The number of rotatable bonds is 4. The number of carbonyl (C=O) groups is 1. The molecule has 0 saturated carbocycles. The van der Waals surface area contributed by atoms with Crippen molar-refractivity contribution >= 4 is 44.2 Å². The van der Waals surface area contributed by atoms with E-state index in [1.54, 1.807) is 18.2 Å². The van der Waals surface area contributed by atoms with Gasteiger partial charge in [0.15, 0.2) is 5.13 Å². The number of aromatic nitrogens is 2. The summed E-state index contributed by atoms with van der Waals surface area (Å²) in [6, 6.07) is 8.84. The molecule has 0 bridgehead atoms. The molecule has 8 heteroatoms. The summed E-state index contributed by atoms with van der Waals surface area (Å²) >= 11 is 7.36. The number of halogens is 1. The van der Waals surface area contributed by atoms with Gasteiger partial charge in [-0.2, -0.15) is 0 Å². The molecule has 26 heavy (non-hydrogen) atoms. The molecule has 1 fully saturated rings. The minimum atomic E-state index is -0.264. The molecule has 0 unspecified atom stereocenters. The van der Waals surface area contributed by atoms with Crippen LogP contribution in [0, 0.1) is 0 Å². The van der Waals surface area contributed by atoms with Crippen LogP contribution in [0.5, 0.6) is 5.88 Å². The van der Waals surface area contributed by atoms with Crippen molar-refractivity contribution < 1.29 is 14.3 Å². The van der Waals surface area contributed by atoms with E-state index in [2.05, 4.69) is 15.3 Å². The van der Waals surface area contributed by atoms with Crippen LogP contribution in [0.1, 0.15) is 23.2 Å². The number of nitrogens with one attached hydrogen (secondary N) is 1. The third-order valence-electron chi connectivity index (χ3n) is 4.03. The minimum Gasteiger partial charge on any atom is -0.474 e. The molecule has 0 spiro atoms. The Morgan fingerprint density at radius 3 is 2.88 bits per heavy atom. The van der Waals surface area contributed by atoms with Gasteiger partial charge in [-0.25, -0.2) is 9.97 Å². The minimum absolute atomic E-state index is 0.116. The van der Waals surface area contributed by atoms with Crippen LogP contribution in [-0.4, -0.2) is 35.2 Å². The molecule has 1 saturated heterocycles. The number of hydrogen-bond donors (Lipinski definition) is 1. The van der Waals surface area contributed by atoms with Crippen LogP contribution in [0.25, 0.3) is 10.2 Å². The van der Waals surface area contributed by atoms with Gasteiger partial charge in [-0.05, 0) is 24.3 Å². The van der Waals surface area contributed by atoms with E-state index in [1.165, 1.54) is 17.5 Å². The summed E-state index contributed by atoms with van der Waals surface area (Å²) in [4.78, 5) is 21.0. The van der Waals surface area contributed by atoms with E-state index in [-0.39, 0.29) is 12.0 Å². The quantitative estimate of drug-likeness (QED) is 0.725. The topological polar surface area (TPSA) is 73.3 Å². The number of hydrogen-bond acceptors (Lipinski definition) is 6. The van der Waals surface area contributed by atoms with Crippen LogP contribution < -0.4 is 10.1 Å². The summed E-state index contributed by atoms with van der Waals surface area (Å²) in [6.07, 6.45) is 3.33. The van der Waals surface area contributed by atoms with Gasteiger partial charge in [0.1, 0.15) is 6.10 Å². The fourth-order valence-corrected chi connectivity index (χ4v) is 3.81. The van der Waals surface area contributed by atoms with E-state index in [0.29, 0.717) is 34.8 Å². The second-order valence-electron chi connectivity index (χ2n) is 5.90. The van der Waals surface area contributed by atoms with Crippen molar-refractivity contribution in [3.8, 4) is 5.88 Å². The monoisotopic (exact) mass is 389 g/mol. The van der Waals surface area contributed by atoms with Gasteiger partial charge in [-0.15, -0.1) is 0 Å². The lowest BCUT2D eigenvalue weighted by Gasteiger charge is -2.22. The second kappa shape index (κ2) is 7.57. The zero-order chi connectivity index (χ0) is 17.9. The highest BCUT2D eigenvalue weighted by atomic mass is 35.5. The average molecular weight is 390 g/mol. The molecule has 3 heterocycles. The summed E-state index contributed by atoms with van der Waals surface area (Å²) in [6.45, 7) is 1.41. The van der Waals surface area contributed by atoms with Gasteiger partial charge in [0.2, 0.25) is 5.88 Å². The average Bonchev–Trinajstić information content (AvgIpc) is 3.04. The SMILES string of the molecule is O=C(Nc1nc2ccc(Cl)cc2s1)c1ccc(OC2CCOCC2)nc1. The molecule has 6 nitrogen and oxygen atoms in total. The van der Waals surface area contributed by atoms with Crippen molar-refractivity contribution in [1.29, 1.82) is 0 Å². The van der Waals surface area contributed by atoms with Crippen molar-refractivity contribution in [3.63, 3.8) is 0 Å². The van der Waals surface area contributed by atoms with Gasteiger partial charge < -0.3 is 9.47 Å². The Hall–Kier alpha value is -2.22. The van der Waals surface area contributed by atoms with Crippen molar-refractivity contribution in [2.24, 2.45) is 0 Å². The first-order valence-electron chi connectivity index (χ1n) is 8.25. The molecule has 1 aliphatic rings. The standard InChI is InChI=1S/C18H16ClN3O3S/c19-12-2-3-14-15(9-12)26-18(21-14)22-17(23)11-1-4-16(20-10-11)25-13-5-7-24-8-6-13/h1-4,9-10,13H,5-8H2,(H,21,22,23). The number of pyridine rings is 1. The molecule has 1 amide bonds. The van der Waals surface area contributed by atoms with Gasteiger partial charge in [0.05, 0.1) is 29.0 Å².